The number of nitrogen functional groups attached to an aromatic ring is 1. The lowest BCUT2D eigenvalue weighted by Gasteiger charge is -2.09. The van der Waals surface area contributed by atoms with Gasteiger partial charge in [0.15, 0.2) is 0 Å². The zero-order valence-electron chi connectivity index (χ0n) is 9.99. The van der Waals surface area contributed by atoms with Gasteiger partial charge in [-0.25, -0.2) is 4.68 Å². The minimum Gasteiger partial charge on any atom is -0.436 e. The normalized spacial score (nSPS) is 10.6. The summed E-state index contributed by atoms with van der Waals surface area (Å²) in [5.74, 6) is 1.29. The Kier molecular flexibility index (Phi) is 3.11. The van der Waals surface area contributed by atoms with E-state index in [0.29, 0.717) is 11.6 Å². The molecule has 0 bridgehead atoms. The highest BCUT2D eigenvalue weighted by Gasteiger charge is 2.13. The first-order valence-corrected chi connectivity index (χ1v) is 6.01. The second kappa shape index (κ2) is 4.41. The molecule has 0 aliphatic rings. The number of nitrogens with zero attached hydrogens (tertiary/aromatic N) is 2. The molecule has 1 aromatic heterocycles. The van der Waals surface area contributed by atoms with E-state index in [2.05, 4.69) is 21.0 Å². The molecule has 0 aliphatic carbocycles. The first-order chi connectivity index (χ1) is 7.99. The summed E-state index contributed by atoms with van der Waals surface area (Å²) in [6, 6.07) is 5.88. The van der Waals surface area contributed by atoms with Crippen molar-refractivity contribution in [3.05, 3.63) is 33.9 Å². The summed E-state index contributed by atoms with van der Waals surface area (Å²) in [6.45, 7) is 3.88. The summed E-state index contributed by atoms with van der Waals surface area (Å²) in [4.78, 5) is 0. The number of aryl methyl sites for hydroxylation is 3. The summed E-state index contributed by atoms with van der Waals surface area (Å²) < 4.78 is 8.31. The Balaban J connectivity index is 2.38. The molecular weight excluding hydrogens is 282 g/mol. The van der Waals surface area contributed by atoms with Gasteiger partial charge in [0.2, 0.25) is 5.88 Å². The Bertz CT molecular complexity index is 563. The standard InChI is InChI=1S/C12H14BrN3O/c1-7-4-5-10(9(13)6-7)17-12-11(14)8(2)15-16(12)3/h4-6H,14H2,1-3H3. The second-order valence-corrected chi connectivity index (χ2v) is 4.82. The fraction of sp³-hybridized carbons (Fsp3) is 0.250. The van der Waals surface area contributed by atoms with E-state index in [1.807, 2.05) is 32.0 Å². The van der Waals surface area contributed by atoms with E-state index in [-0.39, 0.29) is 0 Å². The molecule has 0 saturated heterocycles. The molecule has 0 fully saturated rings. The average molecular weight is 296 g/mol. The number of halogens is 1. The van der Waals surface area contributed by atoms with Crippen molar-refractivity contribution >= 4 is 21.6 Å². The first-order valence-electron chi connectivity index (χ1n) is 5.22. The fourth-order valence-electron chi connectivity index (χ4n) is 1.57. The maximum Gasteiger partial charge on any atom is 0.241 e. The number of hydrogen-bond donors (Lipinski definition) is 1. The van der Waals surface area contributed by atoms with Crippen LogP contribution in [0.2, 0.25) is 0 Å². The number of benzene rings is 1. The summed E-state index contributed by atoms with van der Waals surface area (Å²) in [5, 5.41) is 4.21. The Morgan fingerprint density at radius 1 is 1.35 bits per heavy atom. The molecule has 2 N–H and O–H groups in total. The van der Waals surface area contributed by atoms with Crippen LogP contribution in [0.25, 0.3) is 0 Å². The number of hydrogen-bond acceptors (Lipinski definition) is 3. The van der Waals surface area contributed by atoms with E-state index in [9.17, 15) is 0 Å². The summed E-state index contributed by atoms with van der Waals surface area (Å²) in [5.41, 5.74) is 8.41. The lowest BCUT2D eigenvalue weighted by atomic mass is 10.2. The van der Waals surface area contributed by atoms with Crippen LogP contribution >= 0.6 is 15.9 Å². The monoisotopic (exact) mass is 295 g/mol. The lowest BCUT2D eigenvalue weighted by Crippen LogP contribution is -1.97. The molecule has 1 heterocycles. The molecule has 17 heavy (non-hydrogen) atoms. The van der Waals surface area contributed by atoms with E-state index < -0.39 is 0 Å². The smallest absolute Gasteiger partial charge is 0.241 e. The van der Waals surface area contributed by atoms with Crippen molar-refractivity contribution in [1.29, 1.82) is 0 Å². The third-order valence-electron chi connectivity index (χ3n) is 2.51. The molecule has 0 unspecified atom stereocenters. The second-order valence-electron chi connectivity index (χ2n) is 3.96. The van der Waals surface area contributed by atoms with Gasteiger partial charge in [-0.15, -0.1) is 0 Å². The average Bonchev–Trinajstić information content (AvgIpc) is 2.48. The van der Waals surface area contributed by atoms with Gasteiger partial charge in [-0.05, 0) is 47.5 Å². The van der Waals surface area contributed by atoms with Crippen LogP contribution in [-0.2, 0) is 7.05 Å². The molecule has 0 amide bonds. The quantitative estimate of drug-likeness (QED) is 0.926. The van der Waals surface area contributed by atoms with Crippen molar-refractivity contribution in [1.82, 2.24) is 9.78 Å². The molecule has 4 nitrogen and oxygen atoms in total. The topological polar surface area (TPSA) is 53.1 Å². The molecule has 0 aliphatic heterocycles. The number of aromatic nitrogens is 2. The SMILES string of the molecule is Cc1ccc(Oc2c(N)c(C)nn2C)c(Br)c1. The van der Waals surface area contributed by atoms with E-state index in [1.165, 1.54) is 5.56 Å². The summed E-state index contributed by atoms with van der Waals surface area (Å²) >= 11 is 3.47. The van der Waals surface area contributed by atoms with E-state index in [1.54, 1.807) is 11.7 Å². The number of ether oxygens (including phenoxy) is 1. The molecule has 0 spiro atoms. The van der Waals surface area contributed by atoms with Gasteiger partial charge in [0, 0.05) is 7.05 Å². The molecule has 2 rings (SSSR count). The van der Waals surface area contributed by atoms with Gasteiger partial charge in [-0.3, -0.25) is 0 Å². The third-order valence-corrected chi connectivity index (χ3v) is 3.13. The fourth-order valence-corrected chi connectivity index (χ4v) is 2.14. The van der Waals surface area contributed by atoms with Crippen LogP contribution in [0.3, 0.4) is 0 Å². The predicted molar refractivity (Wildman–Crippen MR) is 71.3 cm³/mol. The van der Waals surface area contributed by atoms with E-state index >= 15 is 0 Å². The van der Waals surface area contributed by atoms with Gasteiger partial charge in [0.1, 0.15) is 11.4 Å². The molecule has 0 saturated carbocycles. The van der Waals surface area contributed by atoms with E-state index in [4.69, 9.17) is 10.5 Å². The highest BCUT2D eigenvalue weighted by molar-refractivity contribution is 9.10. The Morgan fingerprint density at radius 2 is 2.06 bits per heavy atom. The lowest BCUT2D eigenvalue weighted by molar-refractivity contribution is 0.430. The van der Waals surface area contributed by atoms with Crippen molar-refractivity contribution in [2.24, 2.45) is 7.05 Å². The molecule has 90 valence electrons. The molecule has 5 heteroatoms. The van der Waals surface area contributed by atoms with Gasteiger partial charge in [0.25, 0.3) is 0 Å². The highest BCUT2D eigenvalue weighted by atomic mass is 79.9. The molecule has 1 aromatic carbocycles. The highest BCUT2D eigenvalue weighted by Crippen LogP contribution is 2.33. The van der Waals surface area contributed by atoms with Crippen LogP contribution < -0.4 is 10.5 Å². The predicted octanol–water partition coefficient (Wildman–Crippen LogP) is 3.17. The molecule has 0 radical (unpaired) electrons. The van der Waals surface area contributed by atoms with Crippen molar-refractivity contribution in [3.8, 4) is 11.6 Å². The minimum atomic E-state index is 0.562. The van der Waals surface area contributed by atoms with Crippen LogP contribution in [-0.4, -0.2) is 9.78 Å². The van der Waals surface area contributed by atoms with Crippen LogP contribution in [0, 0.1) is 13.8 Å². The van der Waals surface area contributed by atoms with Gasteiger partial charge >= 0.3 is 0 Å². The van der Waals surface area contributed by atoms with Gasteiger partial charge in [0.05, 0.1) is 10.2 Å². The largest absolute Gasteiger partial charge is 0.436 e. The van der Waals surface area contributed by atoms with Crippen molar-refractivity contribution in [2.75, 3.05) is 5.73 Å². The first kappa shape index (κ1) is 12.0. The maximum absolute atomic E-state index is 5.91. The number of rotatable bonds is 2. The van der Waals surface area contributed by atoms with Crippen LogP contribution in [0.4, 0.5) is 5.69 Å². The summed E-state index contributed by atoms with van der Waals surface area (Å²) in [7, 11) is 1.81. The van der Waals surface area contributed by atoms with Crippen LogP contribution in [0.5, 0.6) is 11.6 Å². The van der Waals surface area contributed by atoms with Crippen molar-refractivity contribution in [2.45, 2.75) is 13.8 Å². The Hall–Kier alpha value is -1.49. The van der Waals surface area contributed by atoms with Crippen molar-refractivity contribution in [3.63, 3.8) is 0 Å². The van der Waals surface area contributed by atoms with Gasteiger partial charge in [-0.1, -0.05) is 6.07 Å². The van der Waals surface area contributed by atoms with Crippen LogP contribution in [0.15, 0.2) is 22.7 Å². The van der Waals surface area contributed by atoms with Gasteiger partial charge < -0.3 is 10.5 Å². The maximum atomic E-state index is 5.91. The number of anilines is 1. The Labute approximate surface area is 109 Å². The molecular formula is C12H14BrN3O. The van der Waals surface area contributed by atoms with Crippen molar-refractivity contribution < 1.29 is 4.74 Å². The van der Waals surface area contributed by atoms with E-state index in [0.717, 1.165) is 15.9 Å². The molecule has 0 atom stereocenters. The van der Waals surface area contributed by atoms with Crippen LogP contribution in [0.1, 0.15) is 11.3 Å². The minimum absolute atomic E-state index is 0.562. The van der Waals surface area contributed by atoms with Gasteiger partial charge in [-0.2, -0.15) is 5.10 Å². The zero-order valence-corrected chi connectivity index (χ0v) is 11.6. The Morgan fingerprint density at radius 3 is 2.59 bits per heavy atom. The molecule has 2 aromatic rings. The number of nitrogens with two attached hydrogens (primary N) is 1. The third kappa shape index (κ3) is 2.29. The summed E-state index contributed by atoms with van der Waals surface area (Å²) in [6.07, 6.45) is 0. The zero-order chi connectivity index (χ0) is 12.6.